The predicted octanol–water partition coefficient (Wildman–Crippen LogP) is 1.32. The summed E-state index contributed by atoms with van der Waals surface area (Å²) < 4.78 is 5.39. The minimum absolute atomic E-state index is 0.313. The van der Waals surface area contributed by atoms with Gasteiger partial charge >= 0.3 is 0 Å². The molecule has 0 radical (unpaired) electrons. The second-order valence-corrected chi connectivity index (χ2v) is 5.31. The fraction of sp³-hybridized carbons (Fsp3) is 0.917. The van der Waals surface area contributed by atoms with Crippen molar-refractivity contribution in [3.8, 4) is 0 Å². The molecule has 2 saturated heterocycles. The van der Waals surface area contributed by atoms with E-state index in [1.165, 1.54) is 19.5 Å². The lowest BCUT2D eigenvalue weighted by Crippen LogP contribution is -2.49. The van der Waals surface area contributed by atoms with Crippen molar-refractivity contribution in [3.05, 3.63) is 0 Å². The van der Waals surface area contributed by atoms with Gasteiger partial charge in [0.15, 0.2) is 0 Å². The molecular formula is C12H21NO2. The summed E-state index contributed by atoms with van der Waals surface area (Å²) in [6.45, 7) is 5.82. The summed E-state index contributed by atoms with van der Waals surface area (Å²) in [6.07, 6.45) is 3.03. The van der Waals surface area contributed by atoms with Crippen LogP contribution in [0.5, 0.6) is 0 Å². The van der Waals surface area contributed by atoms with Gasteiger partial charge in [-0.2, -0.15) is 0 Å². The molecule has 3 heteroatoms. The van der Waals surface area contributed by atoms with Crippen molar-refractivity contribution in [1.29, 1.82) is 0 Å². The molecule has 2 fully saturated rings. The first-order valence-electron chi connectivity index (χ1n) is 5.88. The van der Waals surface area contributed by atoms with Gasteiger partial charge in [-0.15, -0.1) is 0 Å². The summed E-state index contributed by atoms with van der Waals surface area (Å²) in [5.74, 6) is 1.06. The summed E-state index contributed by atoms with van der Waals surface area (Å²) in [7, 11) is 2.18. The van der Waals surface area contributed by atoms with Crippen molar-refractivity contribution >= 4 is 5.78 Å². The van der Waals surface area contributed by atoms with Crippen LogP contribution in [0.25, 0.3) is 0 Å². The van der Waals surface area contributed by atoms with E-state index in [1.54, 1.807) is 6.92 Å². The van der Waals surface area contributed by atoms with Crippen LogP contribution < -0.4 is 0 Å². The van der Waals surface area contributed by atoms with Gasteiger partial charge in [0.2, 0.25) is 0 Å². The van der Waals surface area contributed by atoms with E-state index in [0.29, 0.717) is 11.2 Å². The molecule has 3 nitrogen and oxygen atoms in total. The van der Waals surface area contributed by atoms with E-state index in [9.17, 15) is 4.79 Å². The molecule has 1 unspecified atom stereocenters. The van der Waals surface area contributed by atoms with Crippen LogP contribution >= 0.6 is 0 Å². The molecule has 0 aromatic rings. The number of likely N-dealkylation sites (tertiary alicyclic amines) is 1. The number of ketones is 1. The topological polar surface area (TPSA) is 29.5 Å². The predicted molar refractivity (Wildman–Crippen MR) is 58.8 cm³/mol. The summed E-state index contributed by atoms with van der Waals surface area (Å²) in [5.41, 5.74) is 0.330. The summed E-state index contributed by atoms with van der Waals surface area (Å²) in [6, 6.07) is 0. The van der Waals surface area contributed by atoms with Crippen LogP contribution in [0.1, 0.15) is 26.2 Å². The molecule has 2 aliphatic rings. The van der Waals surface area contributed by atoms with Crippen molar-refractivity contribution in [3.63, 3.8) is 0 Å². The zero-order valence-electron chi connectivity index (χ0n) is 9.79. The fourth-order valence-corrected chi connectivity index (χ4v) is 2.81. The number of carbonyl (C=O) groups excluding carboxylic acids is 1. The largest absolute Gasteiger partial charge is 0.380 e. The SMILES string of the molecule is CC(=O)CCC1(C2CCN(C)C2)COC1. The molecule has 0 saturated carbocycles. The molecule has 2 rings (SSSR count). The molecule has 0 aliphatic carbocycles. The van der Waals surface area contributed by atoms with Gasteiger partial charge in [0.05, 0.1) is 13.2 Å². The average molecular weight is 211 g/mol. The van der Waals surface area contributed by atoms with Gasteiger partial charge in [-0.1, -0.05) is 0 Å². The molecular weight excluding hydrogens is 190 g/mol. The molecule has 15 heavy (non-hydrogen) atoms. The number of rotatable bonds is 4. The standard InChI is InChI=1S/C12H21NO2/c1-10(14)3-5-12(8-15-9-12)11-4-6-13(2)7-11/h11H,3-9H2,1-2H3. The van der Waals surface area contributed by atoms with Crippen LogP contribution in [-0.2, 0) is 9.53 Å². The molecule has 0 bridgehead atoms. The van der Waals surface area contributed by atoms with Gasteiger partial charge in [0.25, 0.3) is 0 Å². The van der Waals surface area contributed by atoms with Crippen molar-refractivity contribution in [1.82, 2.24) is 4.90 Å². The Hall–Kier alpha value is -0.410. The van der Waals surface area contributed by atoms with Crippen LogP contribution in [0.15, 0.2) is 0 Å². The van der Waals surface area contributed by atoms with Crippen LogP contribution in [0.3, 0.4) is 0 Å². The van der Waals surface area contributed by atoms with Crippen LogP contribution in [0, 0.1) is 11.3 Å². The number of hydrogen-bond acceptors (Lipinski definition) is 3. The van der Waals surface area contributed by atoms with Gasteiger partial charge < -0.3 is 14.4 Å². The lowest BCUT2D eigenvalue weighted by molar-refractivity contribution is -0.151. The van der Waals surface area contributed by atoms with Gasteiger partial charge in [-0.25, -0.2) is 0 Å². The van der Waals surface area contributed by atoms with E-state index in [1.807, 2.05) is 0 Å². The highest BCUT2D eigenvalue weighted by molar-refractivity contribution is 5.75. The van der Waals surface area contributed by atoms with Gasteiger partial charge in [0, 0.05) is 18.4 Å². The fourth-order valence-electron chi connectivity index (χ4n) is 2.81. The molecule has 0 spiro atoms. The first-order valence-corrected chi connectivity index (χ1v) is 5.88. The third-order valence-electron chi connectivity index (χ3n) is 4.01. The molecule has 86 valence electrons. The highest BCUT2D eigenvalue weighted by Gasteiger charge is 2.46. The smallest absolute Gasteiger partial charge is 0.129 e. The van der Waals surface area contributed by atoms with Crippen LogP contribution in [0.2, 0.25) is 0 Å². The lowest BCUT2D eigenvalue weighted by atomic mass is 9.70. The number of ether oxygens (including phenoxy) is 1. The first-order chi connectivity index (χ1) is 7.12. The number of Topliss-reactive ketones (excluding diaryl/α,β-unsaturated/α-hetero) is 1. The number of carbonyl (C=O) groups is 1. The Labute approximate surface area is 91.8 Å². The molecule has 0 aromatic heterocycles. The van der Waals surface area contributed by atoms with E-state index in [0.717, 1.165) is 32.0 Å². The zero-order valence-corrected chi connectivity index (χ0v) is 9.79. The highest BCUT2D eigenvalue weighted by Crippen LogP contribution is 2.44. The van der Waals surface area contributed by atoms with E-state index in [4.69, 9.17) is 4.74 Å². The maximum atomic E-state index is 11.1. The van der Waals surface area contributed by atoms with E-state index in [-0.39, 0.29) is 0 Å². The lowest BCUT2D eigenvalue weighted by Gasteiger charge is -2.46. The first kappa shape index (κ1) is 11.1. The Balaban J connectivity index is 1.92. The minimum atomic E-state index is 0.313. The molecule has 2 aliphatic heterocycles. The third kappa shape index (κ3) is 2.23. The van der Waals surface area contributed by atoms with Crippen molar-refractivity contribution < 1.29 is 9.53 Å². The quantitative estimate of drug-likeness (QED) is 0.702. The Morgan fingerprint density at radius 1 is 1.53 bits per heavy atom. The molecule has 0 aromatic carbocycles. The second kappa shape index (κ2) is 4.22. The van der Waals surface area contributed by atoms with E-state index >= 15 is 0 Å². The van der Waals surface area contributed by atoms with Gasteiger partial charge in [-0.3, -0.25) is 0 Å². The maximum absolute atomic E-state index is 11.1. The maximum Gasteiger partial charge on any atom is 0.129 e. The summed E-state index contributed by atoms with van der Waals surface area (Å²) in [4.78, 5) is 13.4. The molecule has 0 amide bonds. The van der Waals surface area contributed by atoms with Crippen molar-refractivity contribution in [2.75, 3.05) is 33.4 Å². The average Bonchev–Trinajstić information content (AvgIpc) is 2.50. The normalized spacial score (nSPS) is 30.1. The van der Waals surface area contributed by atoms with Crippen molar-refractivity contribution in [2.45, 2.75) is 26.2 Å². The summed E-state index contributed by atoms with van der Waals surface area (Å²) in [5, 5.41) is 0. The Bertz CT molecular complexity index is 248. The second-order valence-electron chi connectivity index (χ2n) is 5.31. The third-order valence-corrected chi connectivity index (χ3v) is 4.01. The van der Waals surface area contributed by atoms with Gasteiger partial charge in [-0.05, 0) is 39.3 Å². The Kier molecular flexibility index (Phi) is 3.12. The van der Waals surface area contributed by atoms with Crippen molar-refractivity contribution in [2.24, 2.45) is 11.3 Å². The molecule has 0 N–H and O–H groups in total. The van der Waals surface area contributed by atoms with Crippen LogP contribution in [0.4, 0.5) is 0 Å². The highest BCUT2D eigenvalue weighted by atomic mass is 16.5. The molecule has 1 atom stereocenters. The molecule has 2 heterocycles. The van der Waals surface area contributed by atoms with E-state index in [2.05, 4.69) is 11.9 Å². The Morgan fingerprint density at radius 2 is 2.27 bits per heavy atom. The zero-order chi connectivity index (χ0) is 10.9. The number of hydrogen-bond donors (Lipinski definition) is 0. The number of nitrogens with zero attached hydrogens (tertiary/aromatic N) is 1. The van der Waals surface area contributed by atoms with Gasteiger partial charge in [0.1, 0.15) is 5.78 Å². The minimum Gasteiger partial charge on any atom is -0.380 e. The monoisotopic (exact) mass is 211 g/mol. The summed E-state index contributed by atoms with van der Waals surface area (Å²) >= 11 is 0. The Morgan fingerprint density at radius 3 is 2.67 bits per heavy atom. The van der Waals surface area contributed by atoms with Crippen LogP contribution in [-0.4, -0.2) is 44.0 Å². The van der Waals surface area contributed by atoms with E-state index < -0.39 is 0 Å².